The van der Waals surface area contributed by atoms with Crippen LogP contribution in [-0.2, 0) is 9.47 Å². The van der Waals surface area contributed by atoms with Gasteiger partial charge in [0.25, 0.3) is 5.91 Å². The van der Waals surface area contributed by atoms with Crippen molar-refractivity contribution in [1.29, 1.82) is 10.5 Å². The van der Waals surface area contributed by atoms with Crippen molar-refractivity contribution in [2.45, 2.75) is 45.4 Å². The fourth-order valence-electron chi connectivity index (χ4n) is 4.31. The van der Waals surface area contributed by atoms with Crippen molar-refractivity contribution < 1.29 is 14.2 Å². The van der Waals surface area contributed by atoms with E-state index in [1.165, 1.54) is 0 Å². The monoisotopic (exact) mass is 382 g/mol. The summed E-state index contributed by atoms with van der Waals surface area (Å²) in [5.74, 6) is -1.44. The van der Waals surface area contributed by atoms with Crippen LogP contribution in [0.2, 0.25) is 0 Å². The molecule has 0 bridgehead atoms. The van der Waals surface area contributed by atoms with Gasteiger partial charge < -0.3 is 19.9 Å². The maximum Gasteiger partial charge on any atom is 0.293 e. The highest BCUT2D eigenvalue weighted by Gasteiger charge is 2.94. The Morgan fingerprint density at radius 2 is 1.71 bits per heavy atom. The van der Waals surface area contributed by atoms with Crippen molar-refractivity contribution >= 4 is 5.84 Å². The van der Waals surface area contributed by atoms with E-state index in [1.807, 2.05) is 45.0 Å². The van der Waals surface area contributed by atoms with Gasteiger partial charge in [-0.3, -0.25) is 0 Å². The summed E-state index contributed by atoms with van der Waals surface area (Å²) in [7, 11) is 0. The Morgan fingerprint density at radius 3 is 2.25 bits per heavy atom. The molecular weight excluding hydrogens is 356 g/mol. The minimum absolute atomic E-state index is 0.0834. The lowest BCUT2D eigenvalue weighted by Gasteiger charge is -2.32. The quantitative estimate of drug-likeness (QED) is 0.657. The van der Waals surface area contributed by atoms with Gasteiger partial charge in [-0.2, -0.15) is 10.5 Å². The minimum atomic E-state index is -1.60. The average Bonchev–Trinajstić information content (AvgIpc) is 3.29. The Labute approximate surface area is 165 Å². The van der Waals surface area contributed by atoms with Gasteiger partial charge in [0.15, 0.2) is 5.41 Å². The number of nitriles is 2. The molecule has 0 spiro atoms. The van der Waals surface area contributed by atoms with Crippen molar-refractivity contribution in [2.24, 2.45) is 21.6 Å². The Hall–Kier alpha value is -2.61. The number of ether oxygens (including phenoxy) is 3. The van der Waals surface area contributed by atoms with Gasteiger partial charge in [0.1, 0.15) is 17.0 Å². The number of amidine groups is 1. The first kappa shape index (κ1) is 20.1. The number of fused-ring (bicyclic) bond motifs is 1. The molecule has 1 fully saturated rings. The zero-order chi connectivity index (χ0) is 20.4. The molecule has 7 heteroatoms. The van der Waals surface area contributed by atoms with Crippen LogP contribution in [-0.4, -0.2) is 31.6 Å². The summed E-state index contributed by atoms with van der Waals surface area (Å²) < 4.78 is 17.8. The van der Waals surface area contributed by atoms with Gasteiger partial charge in [0.2, 0.25) is 0 Å². The molecule has 1 aliphatic carbocycles. The molecule has 1 aromatic rings. The highest BCUT2D eigenvalue weighted by atomic mass is 16.7. The van der Waals surface area contributed by atoms with Crippen LogP contribution in [0.4, 0.5) is 0 Å². The summed E-state index contributed by atoms with van der Waals surface area (Å²) in [6.45, 7) is 6.95. The lowest BCUT2D eigenvalue weighted by molar-refractivity contribution is -0.259. The predicted molar refractivity (Wildman–Crippen MR) is 103 cm³/mol. The van der Waals surface area contributed by atoms with E-state index >= 15 is 0 Å². The Morgan fingerprint density at radius 1 is 1.07 bits per heavy atom. The number of rotatable bonds is 9. The third kappa shape index (κ3) is 2.37. The summed E-state index contributed by atoms with van der Waals surface area (Å²) in [5, 5.41) is 20.5. The first-order valence-corrected chi connectivity index (χ1v) is 9.73. The third-order valence-electron chi connectivity index (χ3n) is 5.46. The highest BCUT2D eigenvalue weighted by Crippen LogP contribution is 2.82. The SMILES string of the molecule is CCCOC1(OCCC)N=C(N)C2(C#N)C(c3ccccc3OCC)C12C#N. The number of hydrogen-bond acceptors (Lipinski definition) is 7. The van der Waals surface area contributed by atoms with Crippen LogP contribution >= 0.6 is 0 Å². The zero-order valence-electron chi connectivity index (χ0n) is 16.6. The van der Waals surface area contributed by atoms with Crippen molar-refractivity contribution in [3.63, 3.8) is 0 Å². The van der Waals surface area contributed by atoms with Crippen molar-refractivity contribution in [3.8, 4) is 17.9 Å². The molecule has 1 aliphatic heterocycles. The second-order valence-electron chi connectivity index (χ2n) is 7.02. The van der Waals surface area contributed by atoms with E-state index in [-0.39, 0.29) is 5.84 Å². The molecule has 0 aromatic heterocycles. The van der Waals surface area contributed by atoms with E-state index in [0.29, 0.717) is 38.4 Å². The summed E-state index contributed by atoms with van der Waals surface area (Å²) in [6, 6.07) is 12.0. The summed E-state index contributed by atoms with van der Waals surface area (Å²) in [4.78, 5) is 4.43. The molecule has 1 aromatic carbocycles. The molecule has 28 heavy (non-hydrogen) atoms. The largest absolute Gasteiger partial charge is 0.494 e. The smallest absolute Gasteiger partial charge is 0.293 e. The number of hydrogen-bond donors (Lipinski definition) is 1. The van der Waals surface area contributed by atoms with Crippen LogP contribution in [0.3, 0.4) is 0 Å². The van der Waals surface area contributed by atoms with Crippen molar-refractivity contribution in [3.05, 3.63) is 29.8 Å². The van der Waals surface area contributed by atoms with E-state index in [1.54, 1.807) is 0 Å². The molecule has 0 saturated heterocycles. The van der Waals surface area contributed by atoms with E-state index < -0.39 is 22.7 Å². The molecule has 0 radical (unpaired) electrons. The average molecular weight is 382 g/mol. The molecule has 1 heterocycles. The molecule has 0 amide bonds. The third-order valence-corrected chi connectivity index (χ3v) is 5.46. The number of nitrogens with two attached hydrogens (primary N) is 1. The number of para-hydroxylation sites is 1. The molecule has 2 N–H and O–H groups in total. The van der Waals surface area contributed by atoms with Crippen molar-refractivity contribution in [1.82, 2.24) is 0 Å². The van der Waals surface area contributed by atoms with Gasteiger partial charge >= 0.3 is 0 Å². The molecule has 148 valence electrons. The van der Waals surface area contributed by atoms with E-state index in [0.717, 1.165) is 5.56 Å². The normalized spacial score (nSPS) is 29.3. The number of nitrogens with zero attached hydrogens (tertiary/aromatic N) is 3. The van der Waals surface area contributed by atoms with Crippen LogP contribution < -0.4 is 10.5 Å². The summed E-state index contributed by atoms with van der Waals surface area (Å²) in [5.41, 5.74) is 4.34. The molecule has 3 unspecified atom stereocenters. The second-order valence-corrected chi connectivity index (χ2v) is 7.02. The lowest BCUT2D eigenvalue weighted by atomic mass is 9.93. The zero-order valence-corrected chi connectivity index (χ0v) is 16.6. The van der Waals surface area contributed by atoms with Crippen molar-refractivity contribution in [2.75, 3.05) is 19.8 Å². The topological polar surface area (TPSA) is 114 Å². The van der Waals surface area contributed by atoms with Gasteiger partial charge in [-0.15, -0.1) is 0 Å². The van der Waals surface area contributed by atoms with Crippen LogP contribution in [0.25, 0.3) is 0 Å². The molecule has 7 nitrogen and oxygen atoms in total. The summed E-state index contributed by atoms with van der Waals surface area (Å²) >= 11 is 0. The van der Waals surface area contributed by atoms with Crippen LogP contribution in [0.1, 0.15) is 45.1 Å². The molecule has 1 saturated carbocycles. The van der Waals surface area contributed by atoms with Gasteiger partial charge in [-0.1, -0.05) is 32.0 Å². The Balaban J connectivity index is 2.19. The van der Waals surface area contributed by atoms with Gasteiger partial charge in [-0.05, 0) is 25.8 Å². The minimum Gasteiger partial charge on any atom is -0.494 e. The lowest BCUT2D eigenvalue weighted by Crippen LogP contribution is -2.44. The highest BCUT2D eigenvalue weighted by molar-refractivity contribution is 6.00. The van der Waals surface area contributed by atoms with Crippen LogP contribution in [0.5, 0.6) is 5.75 Å². The fourth-order valence-corrected chi connectivity index (χ4v) is 4.31. The predicted octanol–water partition coefficient (Wildman–Crippen LogP) is 3.08. The molecular formula is C21H26N4O3. The van der Waals surface area contributed by atoms with Crippen LogP contribution in [0, 0.1) is 33.5 Å². The van der Waals surface area contributed by atoms with Gasteiger partial charge in [-0.25, -0.2) is 4.99 Å². The molecule has 3 rings (SSSR count). The van der Waals surface area contributed by atoms with Crippen LogP contribution in [0.15, 0.2) is 29.3 Å². The van der Waals surface area contributed by atoms with Gasteiger partial charge in [0.05, 0.1) is 32.0 Å². The van der Waals surface area contributed by atoms with E-state index in [4.69, 9.17) is 19.9 Å². The first-order chi connectivity index (χ1) is 13.5. The standard InChI is InChI=1S/C21H26N4O3/c1-4-11-27-21(28-12-5-2)20(14-23)17(19(20,13-22)18(24)25-21)15-9-7-8-10-16(15)26-6-3/h7-10,17H,4-6,11-12H2,1-3H3,(H2,24,25). The second kappa shape index (κ2) is 7.43. The number of benzene rings is 1. The van der Waals surface area contributed by atoms with E-state index in [2.05, 4.69) is 17.1 Å². The van der Waals surface area contributed by atoms with E-state index in [9.17, 15) is 10.5 Å². The number of aliphatic imine (C=N–C) groups is 1. The maximum atomic E-state index is 10.3. The summed E-state index contributed by atoms with van der Waals surface area (Å²) in [6.07, 6.45) is 1.43. The fraction of sp³-hybridized carbons (Fsp3) is 0.571. The van der Waals surface area contributed by atoms with Gasteiger partial charge in [0, 0.05) is 11.5 Å². The Kier molecular flexibility index (Phi) is 5.34. The molecule has 2 aliphatic rings. The first-order valence-electron chi connectivity index (χ1n) is 9.73. The Bertz CT molecular complexity index is 848. The molecule has 3 atom stereocenters. The maximum absolute atomic E-state index is 10.3.